The van der Waals surface area contributed by atoms with Gasteiger partial charge in [0, 0.05) is 11.6 Å². The van der Waals surface area contributed by atoms with Crippen LogP contribution >= 0.6 is 0 Å². The van der Waals surface area contributed by atoms with Crippen LogP contribution in [0.4, 0.5) is 4.39 Å². The zero-order valence-electron chi connectivity index (χ0n) is 10.9. The fourth-order valence-electron chi connectivity index (χ4n) is 2.30. The summed E-state index contributed by atoms with van der Waals surface area (Å²) in [4.78, 5) is 24.0. The summed E-state index contributed by atoms with van der Waals surface area (Å²) in [7, 11) is 1.30. The van der Waals surface area contributed by atoms with Crippen LogP contribution < -0.4 is 4.74 Å². The van der Waals surface area contributed by atoms with Gasteiger partial charge in [-0.3, -0.25) is 4.79 Å². The van der Waals surface area contributed by atoms with Crippen molar-refractivity contribution >= 4 is 11.9 Å². The van der Waals surface area contributed by atoms with Crippen LogP contribution in [0.5, 0.6) is 5.75 Å². The number of hydrogen-bond donors (Lipinski definition) is 2. The second-order valence-electron chi connectivity index (χ2n) is 4.35. The molecule has 0 aliphatic carbocycles. The Balaban J connectivity index is 2.60. The van der Waals surface area contributed by atoms with E-state index in [0.717, 1.165) is 6.07 Å². The average Bonchev–Trinajstić information content (AvgIpc) is 2.72. The molecule has 1 amide bonds. The number of amides is 1. The van der Waals surface area contributed by atoms with Gasteiger partial charge in [-0.1, -0.05) is 0 Å². The van der Waals surface area contributed by atoms with E-state index in [1.165, 1.54) is 13.2 Å². The van der Waals surface area contributed by atoms with E-state index in [0.29, 0.717) is 4.90 Å². The number of ether oxygens (including phenoxy) is 1. The number of nitriles is 1. The van der Waals surface area contributed by atoms with Crippen molar-refractivity contribution in [1.82, 2.24) is 4.90 Å². The number of benzene rings is 1. The molecular formula is C13H11FN2O5. The van der Waals surface area contributed by atoms with Gasteiger partial charge in [-0.05, 0) is 6.07 Å². The molecule has 0 saturated carbocycles. The summed E-state index contributed by atoms with van der Waals surface area (Å²) in [5.74, 6) is -3.22. The number of nitrogens with zero attached hydrogens (tertiary/aromatic N) is 2. The summed E-state index contributed by atoms with van der Waals surface area (Å²) in [6, 6.07) is 1.11. The van der Waals surface area contributed by atoms with Gasteiger partial charge in [0.15, 0.2) is 6.04 Å². The van der Waals surface area contributed by atoms with E-state index in [4.69, 9.17) is 14.9 Å². The molecule has 0 fully saturated rings. The van der Waals surface area contributed by atoms with E-state index in [1.54, 1.807) is 6.07 Å². The maximum atomic E-state index is 14.0. The second-order valence-corrected chi connectivity index (χ2v) is 4.35. The first-order valence-corrected chi connectivity index (χ1v) is 5.89. The molecule has 1 aromatic rings. The van der Waals surface area contributed by atoms with Crippen LogP contribution in [0, 0.1) is 17.1 Å². The van der Waals surface area contributed by atoms with Crippen LogP contribution in [0.3, 0.4) is 0 Å². The minimum atomic E-state index is -1.63. The van der Waals surface area contributed by atoms with Gasteiger partial charge in [0.05, 0.1) is 25.3 Å². The molecule has 0 aromatic heterocycles. The topological polar surface area (TPSA) is 111 Å². The lowest BCUT2D eigenvalue weighted by Crippen LogP contribution is -2.45. The highest BCUT2D eigenvalue weighted by Crippen LogP contribution is 2.38. The minimum Gasteiger partial charge on any atom is -0.497 e. The van der Waals surface area contributed by atoms with Crippen molar-refractivity contribution in [3.63, 3.8) is 0 Å². The molecule has 2 rings (SSSR count). The van der Waals surface area contributed by atoms with Crippen molar-refractivity contribution in [1.29, 1.82) is 5.26 Å². The zero-order valence-corrected chi connectivity index (χ0v) is 10.9. The molecule has 1 aliphatic rings. The lowest BCUT2D eigenvalue weighted by molar-refractivity contribution is -0.144. The number of carbonyl (C=O) groups is 2. The Morgan fingerprint density at radius 2 is 2.29 bits per heavy atom. The average molecular weight is 294 g/mol. The first kappa shape index (κ1) is 14.7. The fourth-order valence-corrected chi connectivity index (χ4v) is 2.30. The Kier molecular flexibility index (Phi) is 3.78. The minimum absolute atomic E-state index is 0.0269. The van der Waals surface area contributed by atoms with E-state index in [9.17, 15) is 19.2 Å². The van der Waals surface area contributed by atoms with Gasteiger partial charge in [-0.2, -0.15) is 5.26 Å². The van der Waals surface area contributed by atoms with Gasteiger partial charge in [0.25, 0.3) is 5.91 Å². The summed E-state index contributed by atoms with van der Waals surface area (Å²) in [6.07, 6.45) is 0. The molecule has 1 heterocycles. The number of carboxylic acids is 1. The van der Waals surface area contributed by atoms with Crippen molar-refractivity contribution < 1.29 is 28.9 Å². The van der Waals surface area contributed by atoms with Crippen molar-refractivity contribution in [3.05, 3.63) is 29.1 Å². The van der Waals surface area contributed by atoms with Gasteiger partial charge in [0.2, 0.25) is 0 Å². The highest BCUT2D eigenvalue weighted by molar-refractivity contribution is 6.02. The highest BCUT2D eigenvalue weighted by Gasteiger charge is 2.45. The van der Waals surface area contributed by atoms with E-state index in [-0.39, 0.29) is 16.9 Å². The summed E-state index contributed by atoms with van der Waals surface area (Å²) >= 11 is 0. The van der Waals surface area contributed by atoms with E-state index in [2.05, 4.69) is 0 Å². The van der Waals surface area contributed by atoms with Crippen LogP contribution in [0.1, 0.15) is 22.0 Å². The molecule has 21 heavy (non-hydrogen) atoms. The Labute approximate surface area is 118 Å². The molecule has 2 atom stereocenters. The Bertz CT molecular complexity index is 655. The molecule has 8 heteroatoms. The van der Waals surface area contributed by atoms with Crippen LogP contribution in [0.25, 0.3) is 0 Å². The number of aliphatic hydroxyl groups is 1. The molecule has 0 spiro atoms. The fraction of sp³-hybridized carbons (Fsp3) is 0.308. The zero-order chi connectivity index (χ0) is 15.7. The van der Waals surface area contributed by atoms with Crippen LogP contribution in [0.2, 0.25) is 0 Å². The normalized spacial score (nSPS) is 18.1. The highest BCUT2D eigenvalue weighted by atomic mass is 19.1. The third kappa shape index (κ3) is 2.17. The smallest absolute Gasteiger partial charge is 0.328 e. The van der Waals surface area contributed by atoms with Gasteiger partial charge in [0.1, 0.15) is 17.6 Å². The molecule has 1 aliphatic heterocycles. The van der Waals surface area contributed by atoms with E-state index < -0.39 is 36.4 Å². The van der Waals surface area contributed by atoms with Crippen LogP contribution in [-0.4, -0.2) is 46.7 Å². The SMILES string of the molecule is COc1cc(F)c2c(c1)C(C#N)N(C(CO)C(=O)O)C2=O. The molecular weight excluding hydrogens is 283 g/mol. The maximum Gasteiger partial charge on any atom is 0.328 e. The van der Waals surface area contributed by atoms with Gasteiger partial charge < -0.3 is 19.8 Å². The molecule has 0 bridgehead atoms. The quantitative estimate of drug-likeness (QED) is 0.826. The van der Waals surface area contributed by atoms with Crippen LogP contribution in [-0.2, 0) is 4.79 Å². The van der Waals surface area contributed by atoms with Crippen molar-refractivity contribution in [2.75, 3.05) is 13.7 Å². The summed E-state index contributed by atoms with van der Waals surface area (Å²) in [5.41, 5.74) is -0.346. The van der Waals surface area contributed by atoms with E-state index in [1.807, 2.05) is 0 Å². The third-order valence-electron chi connectivity index (χ3n) is 3.27. The molecule has 1 aromatic carbocycles. The second kappa shape index (κ2) is 5.38. The largest absolute Gasteiger partial charge is 0.497 e. The number of aliphatic hydroxyl groups excluding tert-OH is 1. The summed E-state index contributed by atoms with van der Waals surface area (Å²) in [6.45, 7) is -0.883. The third-order valence-corrected chi connectivity index (χ3v) is 3.27. The molecule has 2 N–H and O–H groups in total. The van der Waals surface area contributed by atoms with Crippen molar-refractivity contribution in [3.8, 4) is 11.8 Å². The van der Waals surface area contributed by atoms with Crippen molar-refractivity contribution in [2.24, 2.45) is 0 Å². The first-order valence-electron chi connectivity index (χ1n) is 5.89. The lowest BCUT2D eigenvalue weighted by atomic mass is 10.0. The standard InChI is InChI=1S/C13H11FN2O5/c1-21-6-2-7-9(4-15)16(10(5-17)13(19)20)12(18)11(7)8(14)3-6/h2-3,9-10,17H,5H2,1H3,(H,19,20). The molecule has 0 radical (unpaired) electrons. The Hall–Kier alpha value is -2.66. The van der Waals surface area contributed by atoms with Gasteiger partial charge in [-0.25, -0.2) is 9.18 Å². The molecule has 2 unspecified atom stereocenters. The number of halogens is 1. The Morgan fingerprint density at radius 1 is 1.62 bits per heavy atom. The number of methoxy groups -OCH3 is 1. The first-order chi connectivity index (χ1) is 9.96. The predicted octanol–water partition coefficient (Wildman–Crippen LogP) is 0.300. The number of aliphatic carboxylic acids is 1. The predicted molar refractivity (Wildman–Crippen MR) is 66.0 cm³/mol. The summed E-state index contributed by atoms with van der Waals surface area (Å²) in [5, 5.41) is 27.4. The monoisotopic (exact) mass is 294 g/mol. The van der Waals surface area contributed by atoms with Crippen molar-refractivity contribution in [2.45, 2.75) is 12.1 Å². The molecule has 0 saturated heterocycles. The maximum absolute atomic E-state index is 14.0. The number of fused-ring (bicyclic) bond motifs is 1. The number of hydrogen-bond acceptors (Lipinski definition) is 5. The van der Waals surface area contributed by atoms with Gasteiger partial charge in [-0.15, -0.1) is 0 Å². The number of carboxylic acid groups (broad SMARTS) is 1. The Morgan fingerprint density at radius 3 is 2.76 bits per heavy atom. The number of carbonyl (C=O) groups excluding carboxylic acids is 1. The molecule has 7 nitrogen and oxygen atoms in total. The van der Waals surface area contributed by atoms with Gasteiger partial charge >= 0.3 is 5.97 Å². The van der Waals surface area contributed by atoms with E-state index >= 15 is 0 Å². The number of rotatable bonds is 4. The van der Waals surface area contributed by atoms with Crippen LogP contribution in [0.15, 0.2) is 12.1 Å². The lowest BCUT2D eigenvalue weighted by Gasteiger charge is -2.25. The molecule has 110 valence electrons. The summed E-state index contributed by atoms with van der Waals surface area (Å²) < 4.78 is 18.9.